The Balaban J connectivity index is 1.48. The Bertz CT molecular complexity index is 993. The van der Waals surface area contributed by atoms with Crippen molar-refractivity contribution in [2.45, 2.75) is 57.9 Å². The Morgan fingerprint density at radius 1 is 1.29 bits per heavy atom. The topological polar surface area (TPSA) is 64.0 Å². The first kappa shape index (κ1) is 22.0. The van der Waals surface area contributed by atoms with E-state index in [0.29, 0.717) is 19.7 Å². The van der Waals surface area contributed by atoms with Crippen molar-refractivity contribution in [1.29, 1.82) is 0 Å². The number of hydrogen-bond donors (Lipinski definition) is 0. The van der Waals surface area contributed by atoms with Gasteiger partial charge in [-0.3, -0.25) is 4.79 Å². The first-order chi connectivity index (χ1) is 14.6. The first-order valence-corrected chi connectivity index (χ1v) is 11.1. The molecule has 168 valence electrons. The summed E-state index contributed by atoms with van der Waals surface area (Å²) in [5.74, 6) is -0.0687. The second-order valence-electron chi connectivity index (χ2n) is 9.42. The SMILES string of the molecule is Cn1cc(Cl)c2ccc(CN(C(=O)C3CN(C(=O)OC(C)(C)C)CCO3)C3CC3)cc21. The minimum Gasteiger partial charge on any atom is -0.444 e. The van der Waals surface area contributed by atoms with Crippen molar-refractivity contribution >= 4 is 34.5 Å². The van der Waals surface area contributed by atoms with E-state index in [1.165, 1.54) is 0 Å². The Kier molecular flexibility index (Phi) is 5.92. The number of halogens is 1. The van der Waals surface area contributed by atoms with Gasteiger partial charge in [0.1, 0.15) is 5.60 Å². The molecule has 0 spiro atoms. The lowest BCUT2D eigenvalue weighted by Gasteiger charge is -2.36. The van der Waals surface area contributed by atoms with Crippen molar-refractivity contribution in [3.63, 3.8) is 0 Å². The monoisotopic (exact) mass is 447 g/mol. The second kappa shape index (κ2) is 8.36. The molecule has 0 N–H and O–H groups in total. The molecule has 7 nitrogen and oxygen atoms in total. The summed E-state index contributed by atoms with van der Waals surface area (Å²) in [4.78, 5) is 29.3. The second-order valence-corrected chi connectivity index (χ2v) is 9.83. The number of aryl methyl sites for hydroxylation is 1. The molecule has 1 saturated carbocycles. The molecule has 4 rings (SSSR count). The lowest BCUT2D eigenvalue weighted by molar-refractivity contribution is -0.150. The third kappa shape index (κ3) is 4.99. The fourth-order valence-corrected chi connectivity index (χ4v) is 4.23. The maximum Gasteiger partial charge on any atom is 0.410 e. The van der Waals surface area contributed by atoms with E-state index < -0.39 is 17.8 Å². The van der Waals surface area contributed by atoms with Gasteiger partial charge in [-0.1, -0.05) is 23.7 Å². The standard InChI is InChI=1S/C23H30ClN3O4/c1-23(2,3)31-22(29)26-9-10-30-20(14-26)21(28)27(16-6-7-16)12-15-5-8-17-18(24)13-25(4)19(17)11-15/h5,8,11,13,16,20H,6-7,9-10,12,14H2,1-4H3. The van der Waals surface area contributed by atoms with Gasteiger partial charge in [0.2, 0.25) is 0 Å². The number of morpholine rings is 1. The average molecular weight is 448 g/mol. The first-order valence-electron chi connectivity index (χ1n) is 10.8. The van der Waals surface area contributed by atoms with Crippen LogP contribution in [-0.2, 0) is 27.9 Å². The minimum atomic E-state index is -0.671. The van der Waals surface area contributed by atoms with Crippen LogP contribution in [0, 0.1) is 0 Å². The Hall–Kier alpha value is -2.25. The molecule has 2 aliphatic rings. The van der Waals surface area contributed by atoms with Crippen LogP contribution >= 0.6 is 11.6 Å². The number of benzene rings is 1. The van der Waals surface area contributed by atoms with Crippen LogP contribution in [0.25, 0.3) is 10.9 Å². The highest BCUT2D eigenvalue weighted by atomic mass is 35.5. The summed E-state index contributed by atoms with van der Waals surface area (Å²) in [6.07, 6.45) is 2.80. The molecular formula is C23H30ClN3O4. The van der Waals surface area contributed by atoms with Crippen molar-refractivity contribution in [1.82, 2.24) is 14.4 Å². The van der Waals surface area contributed by atoms with Gasteiger partial charge in [-0.05, 0) is 45.2 Å². The Morgan fingerprint density at radius 2 is 2.03 bits per heavy atom. The molecule has 1 aromatic heterocycles. The molecule has 2 aromatic rings. The van der Waals surface area contributed by atoms with Crippen LogP contribution in [0.15, 0.2) is 24.4 Å². The summed E-state index contributed by atoms with van der Waals surface area (Å²) < 4.78 is 13.2. The zero-order valence-corrected chi connectivity index (χ0v) is 19.3. The molecule has 2 heterocycles. The molecule has 1 aliphatic heterocycles. The zero-order valence-electron chi connectivity index (χ0n) is 18.6. The number of carbonyl (C=O) groups is 2. The smallest absolute Gasteiger partial charge is 0.410 e. The molecule has 2 amide bonds. The maximum atomic E-state index is 13.4. The van der Waals surface area contributed by atoms with Gasteiger partial charge in [-0.15, -0.1) is 0 Å². The van der Waals surface area contributed by atoms with E-state index >= 15 is 0 Å². The summed E-state index contributed by atoms with van der Waals surface area (Å²) in [5, 5.41) is 1.72. The van der Waals surface area contributed by atoms with E-state index in [9.17, 15) is 9.59 Å². The van der Waals surface area contributed by atoms with Crippen LogP contribution in [0.5, 0.6) is 0 Å². The molecule has 1 saturated heterocycles. The van der Waals surface area contributed by atoms with Gasteiger partial charge in [0, 0.05) is 43.3 Å². The number of nitrogens with zero attached hydrogens (tertiary/aromatic N) is 3. The fraction of sp³-hybridized carbons (Fsp3) is 0.565. The highest BCUT2D eigenvalue weighted by Crippen LogP contribution is 2.31. The number of carbonyl (C=O) groups excluding carboxylic acids is 2. The van der Waals surface area contributed by atoms with Crippen LogP contribution in [0.1, 0.15) is 39.2 Å². The molecule has 1 aromatic carbocycles. The van der Waals surface area contributed by atoms with E-state index in [1.54, 1.807) is 4.90 Å². The van der Waals surface area contributed by atoms with E-state index in [-0.39, 0.29) is 18.5 Å². The highest BCUT2D eigenvalue weighted by Gasteiger charge is 2.39. The molecule has 0 bridgehead atoms. The minimum absolute atomic E-state index is 0.0687. The summed E-state index contributed by atoms with van der Waals surface area (Å²) in [5.41, 5.74) is 1.51. The lowest BCUT2D eigenvalue weighted by Crippen LogP contribution is -2.53. The van der Waals surface area contributed by atoms with E-state index in [0.717, 1.165) is 34.3 Å². The van der Waals surface area contributed by atoms with E-state index in [2.05, 4.69) is 6.07 Å². The van der Waals surface area contributed by atoms with Crippen LogP contribution in [0.2, 0.25) is 5.02 Å². The third-order valence-electron chi connectivity index (χ3n) is 5.62. The Labute approximate surface area is 187 Å². The summed E-state index contributed by atoms with van der Waals surface area (Å²) in [6, 6.07) is 6.33. The van der Waals surface area contributed by atoms with Crippen LogP contribution in [0.3, 0.4) is 0 Å². The number of ether oxygens (including phenoxy) is 2. The highest BCUT2D eigenvalue weighted by molar-refractivity contribution is 6.35. The molecule has 8 heteroatoms. The summed E-state index contributed by atoms with van der Waals surface area (Å²) >= 11 is 6.28. The molecule has 0 radical (unpaired) electrons. The number of aromatic nitrogens is 1. The van der Waals surface area contributed by atoms with Crippen molar-refractivity contribution in [3.05, 3.63) is 35.0 Å². The van der Waals surface area contributed by atoms with Crippen molar-refractivity contribution in [3.8, 4) is 0 Å². The van der Waals surface area contributed by atoms with Gasteiger partial charge in [0.15, 0.2) is 6.10 Å². The van der Waals surface area contributed by atoms with Gasteiger partial charge < -0.3 is 23.8 Å². The van der Waals surface area contributed by atoms with Crippen LogP contribution in [0.4, 0.5) is 4.79 Å². The van der Waals surface area contributed by atoms with Gasteiger partial charge >= 0.3 is 6.09 Å². The average Bonchev–Trinajstić information content (AvgIpc) is 3.51. The molecule has 2 fully saturated rings. The fourth-order valence-electron chi connectivity index (χ4n) is 3.92. The lowest BCUT2D eigenvalue weighted by atomic mass is 10.1. The maximum absolute atomic E-state index is 13.4. The summed E-state index contributed by atoms with van der Waals surface area (Å²) in [6.45, 7) is 6.96. The third-order valence-corrected chi connectivity index (χ3v) is 5.92. The van der Waals surface area contributed by atoms with Crippen molar-refractivity contribution < 1.29 is 19.1 Å². The van der Waals surface area contributed by atoms with Gasteiger partial charge in [0.25, 0.3) is 5.91 Å². The Morgan fingerprint density at radius 3 is 2.71 bits per heavy atom. The van der Waals surface area contributed by atoms with Crippen molar-refractivity contribution in [2.24, 2.45) is 7.05 Å². The molecule has 31 heavy (non-hydrogen) atoms. The zero-order chi connectivity index (χ0) is 22.3. The predicted octanol–water partition coefficient (Wildman–Crippen LogP) is 3.96. The number of hydrogen-bond acceptors (Lipinski definition) is 4. The number of amides is 2. The molecule has 1 atom stereocenters. The van der Waals surface area contributed by atoms with Crippen LogP contribution < -0.4 is 0 Å². The van der Waals surface area contributed by atoms with Gasteiger partial charge in [-0.25, -0.2) is 4.79 Å². The van der Waals surface area contributed by atoms with Crippen molar-refractivity contribution in [2.75, 3.05) is 19.7 Å². The molecule has 1 aliphatic carbocycles. The van der Waals surface area contributed by atoms with Gasteiger partial charge in [0.05, 0.1) is 18.2 Å². The number of rotatable bonds is 4. The largest absolute Gasteiger partial charge is 0.444 e. The van der Waals surface area contributed by atoms with E-state index in [1.807, 2.05) is 55.6 Å². The summed E-state index contributed by atoms with van der Waals surface area (Å²) in [7, 11) is 1.96. The van der Waals surface area contributed by atoms with Crippen LogP contribution in [-0.4, -0.2) is 63.8 Å². The quantitative estimate of drug-likeness (QED) is 0.711. The predicted molar refractivity (Wildman–Crippen MR) is 119 cm³/mol. The van der Waals surface area contributed by atoms with E-state index in [4.69, 9.17) is 21.1 Å². The molecular weight excluding hydrogens is 418 g/mol. The normalized spacial score (nSPS) is 19.5. The molecule has 1 unspecified atom stereocenters. The number of fused-ring (bicyclic) bond motifs is 1. The van der Waals surface area contributed by atoms with Gasteiger partial charge in [-0.2, -0.15) is 0 Å².